The first kappa shape index (κ1) is 14.8. The number of ether oxygens (including phenoxy) is 1. The van der Waals surface area contributed by atoms with Crippen LogP contribution >= 0.6 is 0 Å². The fourth-order valence-electron chi connectivity index (χ4n) is 3.43. The summed E-state index contributed by atoms with van der Waals surface area (Å²) in [4.78, 5) is 0. The summed E-state index contributed by atoms with van der Waals surface area (Å²) in [6.45, 7) is 0.463. The van der Waals surface area contributed by atoms with Gasteiger partial charge in [0, 0.05) is 12.0 Å². The molecule has 1 aromatic rings. The van der Waals surface area contributed by atoms with Gasteiger partial charge in [-0.25, -0.2) is 12.8 Å². The Bertz CT molecular complexity index is 632. The third-order valence-electron chi connectivity index (χ3n) is 4.57. The average Bonchev–Trinajstić information content (AvgIpc) is 2.98. The van der Waals surface area contributed by atoms with E-state index in [4.69, 9.17) is 10.5 Å². The Hall–Kier alpha value is -1.14. The van der Waals surface area contributed by atoms with Crippen LogP contribution in [-0.2, 0) is 16.3 Å². The van der Waals surface area contributed by atoms with E-state index in [1.807, 2.05) is 0 Å². The Labute approximate surface area is 124 Å². The van der Waals surface area contributed by atoms with Crippen LogP contribution in [0.2, 0.25) is 0 Å². The summed E-state index contributed by atoms with van der Waals surface area (Å²) in [6, 6.07) is 4.56. The molecular weight excluding hydrogens is 293 g/mol. The number of nitrogens with two attached hydrogens (primary N) is 1. The van der Waals surface area contributed by atoms with Gasteiger partial charge in [-0.1, -0.05) is 0 Å². The van der Waals surface area contributed by atoms with Gasteiger partial charge in [0.15, 0.2) is 9.84 Å². The van der Waals surface area contributed by atoms with Crippen molar-refractivity contribution in [3.8, 4) is 5.75 Å². The van der Waals surface area contributed by atoms with Gasteiger partial charge < -0.3 is 10.5 Å². The lowest BCUT2D eigenvalue weighted by molar-refractivity contribution is 0.175. The molecule has 1 saturated heterocycles. The Kier molecular flexibility index (Phi) is 3.92. The van der Waals surface area contributed by atoms with Crippen molar-refractivity contribution < 1.29 is 17.5 Å². The van der Waals surface area contributed by atoms with Crippen molar-refractivity contribution >= 4 is 9.84 Å². The number of rotatable bonds is 4. The van der Waals surface area contributed by atoms with Crippen molar-refractivity contribution in [2.24, 2.45) is 17.6 Å². The summed E-state index contributed by atoms with van der Waals surface area (Å²) in [5, 5.41) is 0. The van der Waals surface area contributed by atoms with Crippen LogP contribution in [0, 0.1) is 17.7 Å². The quantitative estimate of drug-likeness (QED) is 0.915. The van der Waals surface area contributed by atoms with Crippen molar-refractivity contribution in [2.45, 2.75) is 25.4 Å². The minimum absolute atomic E-state index is 0.0290. The lowest BCUT2D eigenvalue weighted by Gasteiger charge is -2.23. The van der Waals surface area contributed by atoms with Crippen LogP contribution in [-0.4, -0.2) is 32.6 Å². The third kappa shape index (κ3) is 3.21. The molecule has 116 valence electrons. The molecule has 2 N–H and O–H groups in total. The second-order valence-corrected chi connectivity index (χ2v) is 8.32. The first-order chi connectivity index (χ1) is 9.97. The van der Waals surface area contributed by atoms with Crippen molar-refractivity contribution in [1.82, 2.24) is 0 Å². The summed E-state index contributed by atoms with van der Waals surface area (Å²) >= 11 is 0. The van der Waals surface area contributed by atoms with Crippen LogP contribution in [0.25, 0.3) is 0 Å². The molecule has 0 saturated carbocycles. The monoisotopic (exact) mass is 313 g/mol. The molecule has 0 bridgehead atoms. The molecule has 1 fully saturated rings. The molecule has 0 radical (unpaired) electrons. The van der Waals surface area contributed by atoms with Crippen LogP contribution in [0.3, 0.4) is 0 Å². The second kappa shape index (κ2) is 5.57. The Balaban J connectivity index is 1.64. The Morgan fingerprint density at radius 1 is 1.43 bits per heavy atom. The predicted octanol–water partition coefficient (Wildman–Crippen LogP) is 1.53. The van der Waals surface area contributed by atoms with E-state index in [9.17, 15) is 12.8 Å². The van der Waals surface area contributed by atoms with E-state index in [-0.39, 0.29) is 35.3 Å². The number of benzene rings is 1. The number of fused-ring (bicyclic) bond motifs is 1. The standard InChI is InChI=1S/C15H20FNO3S/c16-13-1-2-15-11(5-13)6-14(20-15)7-12(8-17)10-3-4-21(18,19)9-10/h1-2,5,10,12,14H,3-4,6-9,17H2. The lowest BCUT2D eigenvalue weighted by atomic mass is 9.86. The van der Waals surface area contributed by atoms with Gasteiger partial charge in [-0.05, 0) is 49.4 Å². The van der Waals surface area contributed by atoms with Crippen LogP contribution in [0.15, 0.2) is 18.2 Å². The summed E-state index contributed by atoms with van der Waals surface area (Å²) < 4.78 is 42.2. The lowest BCUT2D eigenvalue weighted by Crippen LogP contribution is -2.30. The molecule has 4 nitrogen and oxygen atoms in total. The van der Waals surface area contributed by atoms with Gasteiger partial charge in [0.05, 0.1) is 11.5 Å². The van der Waals surface area contributed by atoms with Gasteiger partial charge in [-0.2, -0.15) is 0 Å². The highest BCUT2D eigenvalue weighted by atomic mass is 32.2. The normalized spacial score (nSPS) is 28.1. The maximum atomic E-state index is 13.2. The fraction of sp³-hybridized carbons (Fsp3) is 0.600. The molecule has 21 heavy (non-hydrogen) atoms. The SMILES string of the molecule is NCC(CC1Cc2cc(F)ccc2O1)C1CCS(=O)(=O)C1. The maximum Gasteiger partial charge on any atom is 0.150 e. The zero-order valence-electron chi connectivity index (χ0n) is 11.8. The van der Waals surface area contributed by atoms with E-state index in [1.165, 1.54) is 12.1 Å². The van der Waals surface area contributed by atoms with E-state index in [2.05, 4.69) is 0 Å². The van der Waals surface area contributed by atoms with Gasteiger partial charge in [-0.3, -0.25) is 0 Å². The van der Waals surface area contributed by atoms with E-state index in [0.29, 0.717) is 19.4 Å². The highest BCUT2D eigenvalue weighted by Crippen LogP contribution is 2.35. The molecule has 0 spiro atoms. The van der Waals surface area contributed by atoms with Crippen molar-refractivity contribution in [1.29, 1.82) is 0 Å². The minimum atomic E-state index is -2.89. The summed E-state index contributed by atoms with van der Waals surface area (Å²) in [5.41, 5.74) is 6.72. The maximum absolute atomic E-state index is 13.2. The first-order valence-electron chi connectivity index (χ1n) is 7.32. The van der Waals surface area contributed by atoms with Crippen LogP contribution in [0.4, 0.5) is 4.39 Å². The molecular formula is C15H20FNO3S. The van der Waals surface area contributed by atoms with Gasteiger partial charge in [0.2, 0.25) is 0 Å². The highest BCUT2D eigenvalue weighted by molar-refractivity contribution is 7.91. The second-order valence-electron chi connectivity index (χ2n) is 6.09. The average molecular weight is 313 g/mol. The fourth-order valence-corrected chi connectivity index (χ4v) is 5.35. The smallest absolute Gasteiger partial charge is 0.150 e. The van der Waals surface area contributed by atoms with E-state index >= 15 is 0 Å². The summed E-state index contributed by atoms with van der Waals surface area (Å²) in [6.07, 6.45) is 2.06. The molecule has 3 atom stereocenters. The van der Waals surface area contributed by atoms with E-state index in [0.717, 1.165) is 17.7 Å². The number of sulfone groups is 1. The van der Waals surface area contributed by atoms with Crippen molar-refractivity contribution in [3.63, 3.8) is 0 Å². The van der Waals surface area contributed by atoms with Crippen molar-refractivity contribution in [3.05, 3.63) is 29.6 Å². The zero-order chi connectivity index (χ0) is 15.0. The first-order valence-corrected chi connectivity index (χ1v) is 9.14. The van der Waals surface area contributed by atoms with Gasteiger partial charge in [0.25, 0.3) is 0 Å². The molecule has 2 aliphatic heterocycles. The third-order valence-corrected chi connectivity index (χ3v) is 6.36. The van der Waals surface area contributed by atoms with E-state index < -0.39 is 9.84 Å². The molecule has 0 aromatic heterocycles. The molecule has 6 heteroatoms. The predicted molar refractivity (Wildman–Crippen MR) is 78.4 cm³/mol. The molecule has 1 aromatic carbocycles. The minimum Gasteiger partial charge on any atom is -0.490 e. The van der Waals surface area contributed by atoms with Crippen molar-refractivity contribution in [2.75, 3.05) is 18.1 Å². The van der Waals surface area contributed by atoms with Crippen LogP contribution in [0.1, 0.15) is 18.4 Å². The number of halogens is 1. The number of hydrogen-bond donors (Lipinski definition) is 1. The molecule has 0 amide bonds. The number of hydrogen-bond acceptors (Lipinski definition) is 4. The summed E-state index contributed by atoms with van der Waals surface area (Å²) in [5.74, 6) is 1.26. The Morgan fingerprint density at radius 2 is 2.24 bits per heavy atom. The van der Waals surface area contributed by atoms with Crippen LogP contribution < -0.4 is 10.5 Å². The topological polar surface area (TPSA) is 69.4 Å². The summed E-state index contributed by atoms with van der Waals surface area (Å²) in [7, 11) is -2.89. The highest BCUT2D eigenvalue weighted by Gasteiger charge is 2.35. The van der Waals surface area contributed by atoms with E-state index in [1.54, 1.807) is 6.07 Å². The molecule has 0 aliphatic carbocycles. The largest absolute Gasteiger partial charge is 0.490 e. The molecule has 2 heterocycles. The van der Waals surface area contributed by atoms with Gasteiger partial charge >= 0.3 is 0 Å². The Morgan fingerprint density at radius 3 is 2.90 bits per heavy atom. The molecule has 3 rings (SSSR count). The van der Waals surface area contributed by atoms with Gasteiger partial charge in [-0.15, -0.1) is 0 Å². The molecule has 3 unspecified atom stereocenters. The molecule has 2 aliphatic rings. The van der Waals surface area contributed by atoms with Crippen LogP contribution in [0.5, 0.6) is 5.75 Å². The zero-order valence-corrected chi connectivity index (χ0v) is 12.6. The van der Waals surface area contributed by atoms with Gasteiger partial charge in [0.1, 0.15) is 17.7 Å².